The molecule has 3 nitrogen and oxygen atoms in total. The van der Waals surface area contributed by atoms with Gasteiger partial charge >= 0.3 is 0 Å². The summed E-state index contributed by atoms with van der Waals surface area (Å²) in [6, 6.07) is 9.30. The molecule has 0 aliphatic heterocycles. The van der Waals surface area contributed by atoms with Crippen LogP contribution >= 0.6 is 22.9 Å². The lowest BCUT2D eigenvalue weighted by Crippen LogP contribution is -2.27. The van der Waals surface area contributed by atoms with E-state index in [1.807, 2.05) is 19.0 Å². The lowest BCUT2D eigenvalue weighted by atomic mass is 9.87. The SMILES string of the molecule is CN(C)c1nc(Cl)c(CN(C)C2CCCc3ccccc32)s1. The van der Waals surface area contributed by atoms with Gasteiger partial charge in [0.2, 0.25) is 0 Å². The molecule has 0 fully saturated rings. The van der Waals surface area contributed by atoms with Crippen LogP contribution in [0.5, 0.6) is 0 Å². The van der Waals surface area contributed by atoms with E-state index in [1.54, 1.807) is 11.3 Å². The molecule has 1 heterocycles. The van der Waals surface area contributed by atoms with Gasteiger partial charge in [0.15, 0.2) is 5.13 Å². The van der Waals surface area contributed by atoms with Crippen LogP contribution in [-0.2, 0) is 13.0 Å². The van der Waals surface area contributed by atoms with Crippen molar-refractivity contribution >= 4 is 28.1 Å². The van der Waals surface area contributed by atoms with Gasteiger partial charge in [-0.15, -0.1) is 0 Å². The number of aryl methyl sites for hydroxylation is 1. The summed E-state index contributed by atoms with van der Waals surface area (Å²) in [5.74, 6) is 0. The third-order valence-corrected chi connectivity index (χ3v) is 5.92. The highest BCUT2D eigenvalue weighted by Crippen LogP contribution is 2.36. The second-order valence-electron chi connectivity index (χ2n) is 6.13. The monoisotopic (exact) mass is 335 g/mol. The lowest BCUT2D eigenvalue weighted by molar-refractivity contribution is 0.215. The second kappa shape index (κ2) is 6.57. The van der Waals surface area contributed by atoms with E-state index < -0.39 is 0 Å². The van der Waals surface area contributed by atoms with Gasteiger partial charge in [-0.3, -0.25) is 4.90 Å². The summed E-state index contributed by atoms with van der Waals surface area (Å²) in [7, 11) is 6.19. The summed E-state index contributed by atoms with van der Waals surface area (Å²) in [6.07, 6.45) is 3.67. The van der Waals surface area contributed by atoms with Crippen LogP contribution in [0, 0.1) is 0 Å². The zero-order valence-electron chi connectivity index (χ0n) is 13.3. The molecule has 1 aromatic carbocycles. The molecule has 0 bridgehead atoms. The lowest BCUT2D eigenvalue weighted by Gasteiger charge is -2.33. The molecular weight excluding hydrogens is 314 g/mol. The van der Waals surface area contributed by atoms with Gasteiger partial charge in [-0.25, -0.2) is 4.98 Å². The van der Waals surface area contributed by atoms with Crippen molar-refractivity contribution in [3.8, 4) is 0 Å². The summed E-state index contributed by atoms with van der Waals surface area (Å²) in [5, 5.41) is 1.61. The molecule has 2 aromatic rings. The molecule has 0 saturated carbocycles. The quantitative estimate of drug-likeness (QED) is 0.827. The number of nitrogens with zero attached hydrogens (tertiary/aromatic N) is 3. The van der Waals surface area contributed by atoms with Crippen molar-refractivity contribution in [2.75, 3.05) is 26.0 Å². The largest absolute Gasteiger partial charge is 0.354 e. The average Bonchev–Trinajstić information content (AvgIpc) is 2.88. The highest BCUT2D eigenvalue weighted by Gasteiger charge is 2.24. The van der Waals surface area contributed by atoms with Gasteiger partial charge < -0.3 is 4.90 Å². The highest BCUT2D eigenvalue weighted by atomic mass is 35.5. The van der Waals surface area contributed by atoms with Gasteiger partial charge in [-0.1, -0.05) is 47.2 Å². The molecule has 0 N–H and O–H groups in total. The minimum Gasteiger partial charge on any atom is -0.354 e. The molecular formula is C17H22ClN3S. The topological polar surface area (TPSA) is 19.4 Å². The first kappa shape index (κ1) is 15.8. The minimum absolute atomic E-state index is 0.478. The fourth-order valence-corrected chi connectivity index (χ4v) is 4.38. The Morgan fingerprint density at radius 3 is 2.77 bits per heavy atom. The van der Waals surface area contributed by atoms with Gasteiger partial charge in [0.25, 0.3) is 0 Å². The van der Waals surface area contributed by atoms with Crippen LogP contribution in [-0.4, -0.2) is 31.0 Å². The Hall–Kier alpha value is -1.10. The Morgan fingerprint density at radius 2 is 2.05 bits per heavy atom. The Kier molecular flexibility index (Phi) is 4.71. The Bertz CT molecular complexity index is 653. The fourth-order valence-electron chi connectivity index (χ4n) is 3.13. The first-order valence-electron chi connectivity index (χ1n) is 7.67. The maximum absolute atomic E-state index is 6.32. The van der Waals surface area contributed by atoms with Crippen molar-refractivity contribution in [2.45, 2.75) is 31.8 Å². The van der Waals surface area contributed by atoms with Crippen molar-refractivity contribution in [1.29, 1.82) is 0 Å². The van der Waals surface area contributed by atoms with Crippen LogP contribution in [0.1, 0.15) is 34.9 Å². The molecule has 1 unspecified atom stereocenters. The molecule has 0 radical (unpaired) electrons. The van der Waals surface area contributed by atoms with Gasteiger partial charge in [0, 0.05) is 26.7 Å². The molecule has 1 aliphatic rings. The third-order valence-electron chi connectivity index (χ3n) is 4.28. The van der Waals surface area contributed by atoms with Gasteiger partial charge in [0.1, 0.15) is 5.15 Å². The number of hydrogen-bond acceptors (Lipinski definition) is 4. The van der Waals surface area contributed by atoms with Gasteiger partial charge in [-0.05, 0) is 37.4 Å². The molecule has 5 heteroatoms. The van der Waals surface area contributed by atoms with Gasteiger partial charge in [0.05, 0.1) is 4.88 Å². The third kappa shape index (κ3) is 3.14. The fraction of sp³-hybridized carbons (Fsp3) is 0.471. The van der Waals surface area contributed by atoms with Crippen LogP contribution in [0.25, 0.3) is 0 Å². The number of aromatic nitrogens is 1. The van der Waals surface area contributed by atoms with Crippen LogP contribution in [0.2, 0.25) is 5.15 Å². The molecule has 0 amide bonds. The maximum atomic E-state index is 6.32. The summed E-state index contributed by atoms with van der Waals surface area (Å²) in [4.78, 5) is 10.0. The average molecular weight is 336 g/mol. The first-order valence-corrected chi connectivity index (χ1v) is 8.86. The van der Waals surface area contributed by atoms with E-state index in [0.29, 0.717) is 11.2 Å². The summed E-state index contributed by atoms with van der Waals surface area (Å²) >= 11 is 8.00. The van der Waals surface area contributed by atoms with E-state index in [9.17, 15) is 0 Å². The number of halogens is 1. The number of fused-ring (bicyclic) bond motifs is 1. The Balaban J connectivity index is 1.79. The van der Waals surface area contributed by atoms with E-state index in [0.717, 1.165) is 16.6 Å². The van der Waals surface area contributed by atoms with Crippen molar-refractivity contribution in [2.24, 2.45) is 0 Å². The van der Waals surface area contributed by atoms with Crippen molar-refractivity contribution in [1.82, 2.24) is 9.88 Å². The normalized spacial score (nSPS) is 17.6. The summed E-state index contributed by atoms with van der Waals surface area (Å²) in [5.41, 5.74) is 2.97. The number of hydrogen-bond donors (Lipinski definition) is 0. The molecule has 0 saturated heterocycles. The van der Waals surface area contributed by atoms with Crippen LogP contribution < -0.4 is 4.90 Å². The van der Waals surface area contributed by atoms with Crippen LogP contribution in [0.15, 0.2) is 24.3 Å². The zero-order chi connectivity index (χ0) is 15.7. The first-order chi connectivity index (χ1) is 10.6. The zero-order valence-corrected chi connectivity index (χ0v) is 14.9. The van der Waals surface area contributed by atoms with Crippen LogP contribution in [0.3, 0.4) is 0 Å². The number of anilines is 1. The van der Waals surface area contributed by atoms with E-state index in [-0.39, 0.29) is 0 Å². The van der Waals surface area contributed by atoms with Crippen molar-refractivity contribution in [3.05, 3.63) is 45.4 Å². The molecule has 1 atom stereocenters. The van der Waals surface area contributed by atoms with E-state index >= 15 is 0 Å². The standard InChI is InChI=1S/C17H22ClN3S/c1-20(2)17-19-16(18)15(22-17)11-21(3)14-10-6-8-12-7-4-5-9-13(12)14/h4-5,7,9,14H,6,8,10-11H2,1-3H3. The highest BCUT2D eigenvalue weighted by molar-refractivity contribution is 7.16. The molecule has 1 aromatic heterocycles. The molecule has 22 heavy (non-hydrogen) atoms. The predicted octanol–water partition coefficient (Wildman–Crippen LogP) is 4.37. The molecule has 1 aliphatic carbocycles. The van der Waals surface area contributed by atoms with Crippen molar-refractivity contribution < 1.29 is 0 Å². The van der Waals surface area contributed by atoms with E-state index in [1.165, 1.54) is 30.4 Å². The Labute approximate surface area is 141 Å². The molecule has 3 rings (SSSR count). The van der Waals surface area contributed by atoms with Crippen LogP contribution in [0.4, 0.5) is 5.13 Å². The molecule has 0 spiro atoms. The maximum Gasteiger partial charge on any atom is 0.186 e. The van der Waals surface area contributed by atoms with Crippen molar-refractivity contribution in [3.63, 3.8) is 0 Å². The second-order valence-corrected chi connectivity index (χ2v) is 7.55. The molecule has 118 valence electrons. The van der Waals surface area contributed by atoms with E-state index in [4.69, 9.17) is 11.6 Å². The van der Waals surface area contributed by atoms with Gasteiger partial charge in [-0.2, -0.15) is 0 Å². The van der Waals surface area contributed by atoms with E-state index in [2.05, 4.69) is 41.2 Å². The predicted molar refractivity (Wildman–Crippen MR) is 95.0 cm³/mol. The Morgan fingerprint density at radius 1 is 1.27 bits per heavy atom. The number of rotatable bonds is 4. The summed E-state index contributed by atoms with van der Waals surface area (Å²) < 4.78 is 0. The summed E-state index contributed by atoms with van der Waals surface area (Å²) in [6.45, 7) is 0.851. The number of thiazole rings is 1. The number of benzene rings is 1. The minimum atomic E-state index is 0.478. The smallest absolute Gasteiger partial charge is 0.186 e.